The molecule has 0 spiro atoms. The van der Waals surface area contributed by atoms with E-state index in [1.807, 2.05) is 42.6 Å². The number of aromatic nitrogens is 1. The summed E-state index contributed by atoms with van der Waals surface area (Å²) in [7, 11) is 1.62. The number of anilines is 1. The van der Waals surface area contributed by atoms with E-state index in [-0.39, 0.29) is 6.03 Å². The summed E-state index contributed by atoms with van der Waals surface area (Å²) in [5, 5.41) is 4.18. The van der Waals surface area contributed by atoms with Gasteiger partial charge in [-0.25, -0.2) is 4.79 Å². The molecule has 0 aliphatic rings. The van der Waals surface area contributed by atoms with E-state index >= 15 is 0 Å². The number of carbonyl (C=O) groups is 1. The van der Waals surface area contributed by atoms with Crippen LogP contribution in [-0.4, -0.2) is 35.8 Å². The van der Waals surface area contributed by atoms with Gasteiger partial charge in [0.15, 0.2) is 0 Å². The topological polar surface area (TPSA) is 46.5 Å². The lowest BCUT2D eigenvalue weighted by atomic mass is 10.2. The molecule has 0 aliphatic heterocycles. The zero-order valence-electron chi connectivity index (χ0n) is 16.1. The van der Waals surface area contributed by atoms with Gasteiger partial charge in [0.1, 0.15) is 0 Å². The minimum atomic E-state index is -0.208. The summed E-state index contributed by atoms with van der Waals surface area (Å²) >= 11 is 12.1. The molecule has 0 saturated carbocycles. The molecule has 0 unspecified atom stereocenters. The van der Waals surface area contributed by atoms with E-state index in [0.29, 0.717) is 42.0 Å². The van der Waals surface area contributed by atoms with Gasteiger partial charge in [-0.2, -0.15) is 0 Å². The largest absolute Gasteiger partial charge is 0.383 e. The molecule has 0 saturated heterocycles. The van der Waals surface area contributed by atoms with E-state index in [4.69, 9.17) is 27.9 Å². The first kappa shape index (κ1) is 21.2. The zero-order valence-corrected chi connectivity index (χ0v) is 17.7. The average molecular weight is 432 g/mol. The minimum Gasteiger partial charge on any atom is -0.383 e. The number of ether oxygens (including phenoxy) is 1. The van der Waals surface area contributed by atoms with Crippen LogP contribution in [-0.2, 0) is 17.8 Å². The van der Waals surface area contributed by atoms with Gasteiger partial charge in [-0.3, -0.25) is 0 Å². The lowest BCUT2D eigenvalue weighted by Crippen LogP contribution is -2.37. The number of urea groups is 1. The van der Waals surface area contributed by atoms with E-state index in [1.54, 1.807) is 36.3 Å². The van der Waals surface area contributed by atoms with Crippen LogP contribution in [0.2, 0.25) is 10.0 Å². The van der Waals surface area contributed by atoms with E-state index in [0.717, 1.165) is 11.3 Å². The SMILES string of the molecule is COCCN(Cc1cccn1Cc1cccc(Cl)c1)C(=O)Nc1cccc(Cl)c1. The predicted molar refractivity (Wildman–Crippen MR) is 118 cm³/mol. The Labute approximate surface area is 180 Å². The third-order valence-corrected chi connectivity index (χ3v) is 4.92. The molecule has 1 heterocycles. The molecule has 3 aromatic rings. The van der Waals surface area contributed by atoms with E-state index in [9.17, 15) is 4.79 Å². The summed E-state index contributed by atoms with van der Waals surface area (Å²) in [6.07, 6.45) is 2.00. The van der Waals surface area contributed by atoms with Gasteiger partial charge in [0.05, 0.1) is 13.2 Å². The van der Waals surface area contributed by atoms with Crippen LogP contribution in [0.25, 0.3) is 0 Å². The Morgan fingerprint density at radius 1 is 1.07 bits per heavy atom. The summed E-state index contributed by atoms with van der Waals surface area (Å²) in [4.78, 5) is 14.6. The lowest BCUT2D eigenvalue weighted by molar-refractivity contribution is 0.152. The standard InChI is InChI=1S/C22H23Cl2N3O2/c1-29-12-11-27(22(28)25-20-8-3-7-19(24)14-20)16-21-9-4-10-26(21)15-17-5-2-6-18(23)13-17/h2-10,13-14H,11-12,15-16H2,1H3,(H,25,28). The predicted octanol–water partition coefficient (Wildman–Crippen LogP) is 5.52. The van der Waals surface area contributed by atoms with Gasteiger partial charge in [0, 0.05) is 47.8 Å². The number of amides is 2. The smallest absolute Gasteiger partial charge is 0.322 e. The molecule has 7 heteroatoms. The van der Waals surface area contributed by atoms with E-state index in [1.165, 1.54) is 0 Å². The molecule has 2 amide bonds. The van der Waals surface area contributed by atoms with Crippen molar-refractivity contribution in [1.82, 2.24) is 9.47 Å². The van der Waals surface area contributed by atoms with Gasteiger partial charge in [0.25, 0.3) is 0 Å². The number of nitrogens with one attached hydrogen (secondary N) is 1. The Bertz CT molecular complexity index is 958. The van der Waals surface area contributed by atoms with Gasteiger partial charge in [0.2, 0.25) is 0 Å². The highest BCUT2D eigenvalue weighted by molar-refractivity contribution is 6.31. The average Bonchev–Trinajstić information content (AvgIpc) is 3.11. The van der Waals surface area contributed by atoms with Crippen LogP contribution in [0.1, 0.15) is 11.3 Å². The molecule has 1 N–H and O–H groups in total. The van der Waals surface area contributed by atoms with Crippen LogP contribution in [0.5, 0.6) is 0 Å². The number of carbonyl (C=O) groups excluding carboxylic acids is 1. The third kappa shape index (κ3) is 6.26. The normalized spacial score (nSPS) is 10.7. The van der Waals surface area contributed by atoms with Gasteiger partial charge in [-0.1, -0.05) is 41.4 Å². The molecule has 0 fully saturated rings. The maximum absolute atomic E-state index is 12.9. The second kappa shape index (κ2) is 10.3. The molecule has 152 valence electrons. The second-order valence-electron chi connectivity index (χ2n) is 6.61. The lowest BCUT2D eigenvalue weighted by Gasteiger charge is -2.24. The fourth-order valence-electron chi connectivity index (χ4n) is 3.00. The van der Waals surface area contributed by atoms with Crippen LogP contribution in [0.15, 0.2) is 66.9 Å². The Morgan fingerprint density at radius 3 is 2.55 bits per heavy atom. The molecule has 5 nitrogen and oxygen atoms in total. The summed E-state index contributed by atoms with van der Waals surface area (Å²) in [5.74, 6) is 0. The van der Waals surface area contributed by atoms with Gasteiger partial charge >= 0.3 is 6.03 Å². The van der Waals surface area contributed by atoms with Crippen molar-refractivity contribution in [2.45, 2.75) is 13.1 Å². The maximum Gasteiger partial charge on any atom is 0.322 e. The Morgan fingerprint density at radius 2 is 1.83 bits per heavy atom. The summed E-state index contributed by atoms with van der Waals surface area (Å²) < 4.78 is 7.30. The number of hydrogen-bond donors (Lipinski definition) is 1. The molecule has 1 aromatic heterocycles. The van der Waals surface area contributed by atoms with Crippen molar-refractivity contribution in [3.8, 4) is 0 Å². The molecule has 3 rings (SSSR count). The summed E-state index contributed by atoms with van der Waals surface area (Å²) in [6.45, 7) is 2.03. The highest BCUT2D eigenvalue weighted by atomic mass is 35.5. The highest BCUT2D eigenvalue weighted by Gasteiger charge is 2.16. The number of halogens is 2. The first-order valence-corrected chi connectivity index (χ1v) is 9.99. The van der Waals surface area contributed by atoms with E-state index < -0.39 is 0 Å². The van der Waals surface area contributed by atoms with Crippen LogP contribution in [0, 0.1) is 0 Å². The minimum absolute atomic E-state index is 0.208. The number of rotatable bonds is 8. The van der Waals surface area contributed by atoms with Crippen molar-refractivity contribution < 1.29 is 9.53 Å². The third-order valence-electron chi connectivity index (χ3n) is 4.45. The van der Waals surface area contributed by atoms with Crippen molar-refractivity contribution in [2.75, 3.05) is 25.6 Å². The van der Waals surface area contributed by atoms with Crippen LogP contribution >= 0.6 is 23.2 Å². The van der Waals surface area contributed by atoms with Crippen molar-refractivity contribution >= 4 is 34.9 Å². The van der Waals surface area contributed by atoms with E-state index in [2.05, 4.69) is 9.88 Å². The Kier molecular flexibility index (Phi) is 7.58. The monoisotopic (exact) mass is 431 g/mol. The summed E-state index contributed by atoms with van der Waals surface area (Å²) in [5.41, 5.74) is 2.77. The highest BCUT2D eigenvalue weighted by Crippen LogP contribution is 2.17. The molecule has 0 atom stereocenters. The maximum atomic E-state index is 12.9. The first-order valence-electron chi connectivity index (χ1n) is 9.24. The summed E-state index contributed by atoms with van der Waals surface area (Å²) in [6, 6.07) is 18.6. The zero-order chi connectivity index (χ0) is 20.6. The van der Waals surface area contributed by atoms with Gasteiger partial charge in [-0.05, 0) is 48.0 Å². The number of methoxy groups -OCH3 is 1. The Hall–Kier alpha value is -2.47. The molecule has 0 bridgehead atoms. The van der Waals surface area contributed by atoms with Crippen LogP contribution in [0.3, 0.4) is 0 Å². The van der Waals surface area contributed by atoms with Gasteiger partial charge in [-0.15, -0.1) is 0 Å². The quantitative estimate of drug-likeness (QED) is 0.509. The molecular formula is C22H23Cl2N3O2. The first-order chi connectivity index (χ1) is 14.0. The second-order valence-corrected chi connectivity index (χ2v) is 7.49. The van der Waals surface area contributed by atoms with Crippen molar-refractivity contribution in [3.05, 3.63) is 88.2 Å². The fraction of sp³-hybridized carbons (Fsp3) is 0.227. The fourth-order valence-corrected chi connectivity index (χ4v) is 3.40. The number of benzene rings is 2. The molecule has 29 heavy (non-hydrogen) atoms. The molecule has 2 aromatic carbocycles. The van der Waals surface area contributed by atoms with Crippen LogP contribution < -0.4 is 5.32 Å². The molecular weight excluding hydrogens is 409 g/mol. The Balaban J connectivity index is 1.73. The van der Waals surface area contributed by atoms with Crippen molar-refractivity contribution in [3.63, 3.8) is 0 Å². The van der Waals surface area contributed by atoms with Crippen LogP contribution in [0.4, 0.5) is 10.5 Å². The van der Waals surface area contributed by atoms with Crippen molar-refractivity contribution in [2.24, 2.45) is 0 Å². The molecule has 0 aliphatic carbocycles. The number of nitrogens with zero attached hydrogens (tertiary/aromatic N) is 2. The van der Waals surface area contributed by atoms with Crippen molar-refractivity contribution in [1.29, 1.82) is 0 Å². The molecule has 0 radical (unpaired) electrons. The van der Waals surface area contributed by atoms with Gasteiger partial charge < -0.3 is 19.5 Å². The number of hydrogen-bond acceptors (Lipinski definition) is 2.